The summed E-state index contributed by atoms with van der Waals surface area (Å²) in [6.45, 7) is 0.896. The van der Waals surface area contributed by atoms with Gasteiger partial charge in [0.05, 0.1) is 29.7 Å². The van der Waals surface area contributed by atoms with Gasteiger partial charge in [0.15, 0.2) is 0 Å². The Balaban J connectivity index is 2.05. The van der Waals surface area contributed by atoms with Gasteiger partial charge in [-0.2, -0.15) is 4.31 Å². The van der Waals surface area contributed by atoms with Gasteiger partial charge in [0.2, 0.25) is 10.0 Å². The molecule has 0 aromatic heterocycles. The first-order valence-electron chi connectivity index (χ1n) is 7.03. The number of morpholine rings is 1. The number of halogens is 1. The van der Waals surface area contributed by atoms with Crippen LogP contribution in [0.2, 0.25) is 5.02 Å². The number of benzene rings is 1. The Morgan fingerprint density at radius 1 is 1.36 bits per heavy atom. The van der Waals surface area contributed by atoms with Crippen molar-refractivity contribution in [2.45, 2.75) is 23.8 Å². The number of sulfonamides is 1. The van der Waals surface area contributed by atoms with E-state index >= 15 is 0 Å². The summed E-state index contributed by atoms with van der Waals surface area (Å²) in [6.07, 6.45) is 1.95. The minimum atomic E-state index is -3.93. The molecule has 1 N–H and O–H groups in total. The number of hydrogen-bond acceptors (Lipinski definition) is 4. The maximum absolute atomic E-state index is 13.0. The summed E-state index contributed by atoms with van der Waals surface area (Å²) in [5, 5.41) is 9.45. The van der Waals surface area contributed by atoms with Crippen molar-refractivity contribution in [2.24, 2.45) is 5.92 Å². The lowest BCUT2D eigenvalue weighted by molar-refractivity contribution is 0.0247. The van der Waals surface area contributed by atoms with Gasteiger partial charge in [0.25, 0.3) is 0 Å². The lowest BCUT2D eigenvalue weighted by atomic mass is 10.2. The van der Waals surface area contributed by atoms with Gasteiger partial charge in [-0.3, -0.25) is 0 Å². The molecule has 3 rings (SSSR count). The number of aromatic carboxylic acids is 1. The highest BCUT2D eigenvalue weighted by Gasteiger charge is 2.43. The number of nitrogens with zero attached hydrogens (tertiary/aromatic N) is 1. The first kappa shape index (κ1) is 15.7. The van der Waals surface area contributed by atoms with Gasteiger partial charge < -0.3 is 9.84 Å². The molecule has 0 spiro atoms. The van der Waals surface area contributed by atoms with Crippen molar-refractivity contribution in [1.82, 2.24) is 4.31 Å². The topological polar surface area (TPSA) is 83.9 Å². The highest BCUT2D eigenvalue weighted by molar-refractivity contribution is 7.89. The zero-order valence-electron chi connectivity index (χ0n) is 11.7. The molecule has 6 nitrogen and oxygen atoms in total. The predicted octanol–water partition coefficient (Wildman–Crippen LogP) is 1.84. The second kappa shape index (κ2) is 5.81. The van der Waals surface area contributed by atoms with E-state index in [0.717, 1.165) is 12.8 Å². The summed E-state index contributed by atoms with van der Waals surface area (Å²) in [6, 6.07) is 3.59. The molecule has 1 aliphatic heterocycles. The number of carbonyl (C=O) groups is 1. The summed E-state index contributed by atoms with van der Waals surface area (Å²) in [4.78, 5) is 11.1. The molecule has 120 valence electrons. The van der Waals surface area contributed by atoms with E-state index in [2.05, 4.69) is 0 Å². The van der Waals surface area contributed by atoms with Crippen LogP contribution in [0.3, 0.4) is 0 Å². The minimum absolute atomic E-state index is 0.194. The van der Waals surface area contributed by atoms with E-state index in [1.165, 1.54) is 22.5 Å². The van der Waals surface area contributed by atoms with Crippen LogP contribution in [0.4, 0.5) is 0 Å². The van der Waals surface area contributed by atoms with Crippen molar-refractivity contribution in [3.63, 3.8) is 0 Å². The van der Waals surface area contributed by atoms with Gasteiger partial charge in [-0.15, -0.1) is 0 Å². The van der Waals surface area contributed by atoms with Crippen LogP contribution in [-0.4, -0.2) is 49.6 Å². The van der Waals surface area contributed by atoms with Gasteiger partial charge in [-0.1, -0.05) is 11.6 Å². The number of carboxylic acid groups (broad SMARTS) is 1. The molecule has 22 heavy (non-hydrogen) atoms. The Bertz CT molecular complexity index is 701. The zero-order valence-corrected chi connectivity index (χ0v) is 13.3. The third-order valence-electron chi connectivity index (χ3n) is 4.04. The van der Waals surface area contributed by atoms with E-state index in [9.17, 15) is 18.3 Å². The molecule has 1 unspecified atom stereocenters. The second-order valence-electron chi connectivity index (χ2n) is 5.54. The Morgan fingerprint density at radius 3 is 2.73 bits per heavy atom. The molecule has 0 bridgehead atoms. The lowest BCUT2D eigenvalue weighted by Gasteiger charge is -2.35. The van der Waals surface area contributed by atoms with Crippen molar-refractivity contribution in [3.05, 3.63) is 28.8 Å². The standard InChI is InChI=1S/C14H16ClNO5S/c15-10-3-4-11(14(17)18)13(7-10)22(19,20)16-5-6-21-8-12(16)9-1-2-9/h3-4,7,9,12H,1-2,5-6,8H2,(H,17,18). The van der Waals surface area contributed by atoms with Crippen molar-refractivity contribution in [2.75, 3.05) is 19.8 Å². The number of carboxylic acids is 1. The number of rotatable bonds is 4. The van der Waals surface area contributed by atoms with Gasteiger partial charge in [0, 0.05) is 11.6 Å². The summed E-state index contributed by atoms with van der Waals surface area (Å²) >= 11 is 5.88. The van der Waals surface area contributed by atoms with E-state index < -0.39 is 16.0 Å². The SMILES string of the molecule is O=C(O)c1ccc(Cl)cc1S(=O)(=O)N1CCOCC1C1CC1. The fourth-order valence-electron chi connectivity index (χ4n) is 2.77. The summed E-state index contributed by atoms with van der Waals surface area (Å²) < 4.78 is 32.7. The zero-order chi connectivity index (χ0) is 15.9. The van der Waals surface area contributed by atoms with E-state index in [1.807, 2.05) is 0 Å². The van der Waals surface area contributed by atoms with Crippen LogP contribution in [-0.2, 0) is 14.8 Å². The van der Waals surface area contributed by atoms with Crippen LogP contribution in [0.1, 0.15) is 23.2 Å². The molecular formula is C14H16ClNO5S. The molecule has 1 saturated heterocycles. The quantitative estimate of drug-likeness (QED) is 0.900. The molecule has 1 saturated carbocycles. The van der Waals surface area contributed by atoms with Crippen molar-refractivity contribution >= 4 is 27.6 Å². The third kappa shape index (κ3) is 2.86. The van der Waals surface area contributed by atoms with E-state index in [4.69, 9.17) is 16.3 Å². The smallest absolute Gasteiger partial charge is 0.337 e. The average molecular weight is 346 g/mol. The van der Waals surface area contributed by atoms with Crippen LogP contribution >= 0.6 is 11.6 Å². The Kier molecular flexibility index (Phi) is 4.15. The van der Waals surface area contributed by atoms with Gasteiger partial charge in [0.1, 0.15) is 0 Å². The van der Waals surface area contributed by atoms with Crippen molar-refractivity contribution < 1.29 is 23.1 Å². The van der Waals surface area contributed by atoms with E-state index in [1.54, 1.807) is 0 Å². The van der Waals surface area contributed by atoms with E-state index in [0.29, 0.717) is 19.1 Å². The fourth-order valence-corrected chi connectivity index (χ4v) is 4.87. The number of ether oxygens (including phenoxy) is 1. The monoisotopic (exact) mass is 345 g/mol. The van der Waals surface area contributed by atoms with Crippen LogP contribution < -0.4 is 0 Å². The molecule has 2 fully saturated rings. The van der Waals surface area contributed by atoms with Crippen molar-refractivity contribution in [3.8, 4) is 0 Å². The van der Waals surface area contributed by atoms with E-state index in [-0.39, 0.29) is 28.1 Å². The van der Waals surface area contributed by atoms with Gasteiger partial charge >= 0.3 is 5.97 Å². The highest BCUT2D eigenvalue weighted by Crippen LogP contribution is 2.39. The minimum Gasteiger partial charge on any atom is -0.478 e. The molecule has 2 aliphatic rings. The summed E-state index contributed by atoms with van der Waals surface area (Å²) in [5.41, 5.74) is -0.259. The molecular weight excluding hydrogens is 330 g/mol. The maximum atomic E-state index is 13.0. The Hall–Kier alpha value is -1.15. The molecule has 1 atom stereocenters. The maximum Gasteiger partial charge on any atom is 0.337 e. The first-order chi connectivity index (χ1) is 10.4. The summed E-state index contributed by atoms with van der Waals surface area (Å²) in [5.74, 6) is -0.992. The molecule has 0 radical (unpaired) electrons. The normalized spacial score (nSPS) is 23.4. The van der Waals surface area contributed by atoms with Gasteiger partial charge in [-0.05, 0) is 37.0 Å². The molecule has 1 aliphatic carbocycles. The van der Waals surface area contributed by atoms with Crippen molar-refractivity contribution in [1.29, 1.82) is 0 Å². The Morgan fingerprint density at radius 2 is 2.09 bits per heavy atom. The third-order valence-corrected chi connectivity index (χ3v) is 6.24. The molecule has 1 aromatic carbocycles. The fraction of sp³-hybridized carbons (Fsp3) is 0.500. The van der Waals surface area contributed by atoms with Gasteiger partial charge in [-0.25, -0.2) is 13.2 Å². The van der Waals surface area contributed by atoms with Crippen LogP contribution in [0.15, 0.2) is 23.1 Å². The van der Waals surface area contributed by atoms with Crippen LogP contribution in [0, 0.1) is 5.92 Å². The molecule has 8 heteroatoms. The highest BCUT2D eigenvalue weighted by atomic mass is 35.5. The van der Waals surface area contributed by atoms with Crippen LogP contribution in [0.25, 0.3) is 0 Å². The summed E-state index contributed by atoms with van der Waals surface area (Å²) in [7, 11) is -3.93. The molecule has 1 heterocycles. The molecule has 0 amide bonds. The Labute approximate surface area is 133 Å². The first-order valence-corrected chi connectivity index (χ1v) is 8.85. The predicted molar refractivity (Wildman–Crippen MR) is 79.6 cm³/mol. The lowest BCUT2D eigenvalue weighted by Crippen LogP contribution is -2.49. The molecule has 1 aromatic rings. The average Bonchev–Trinajstić information content (AvgIpc) is 3.31. The van der Waals surface area contributed by atoms with Crippen LogP contribution in [0.5, 0.6) is 0 Å². The second-order valence-corrected chi connectivity index (χ2v) is 7.84. The number of hydrogen-bond donors (Lipinski definition) is 1. The largest absolute Gasteiger partial charge is 0.478 e.